The molecule has 0 heterocycles. The van der Waals surface area contributed by atoms with Crippen LogP contribution in [-0.2, 0) is 0 Å². The predicted molar refractivity (Wildman–Crippen MR) is 547 cm³/mol. The minimum Gasteiger partial charge on any atom is -0.907 e. The van der Waals surface area contributed by atoms with E-state index >= 15 is 0 Å². The minimum atomic E-state index is -2.92. The second-order valence-corrected chi connectivity index (χ2v) is 38.0. The lowest BCUT2D eigenvalue weighted by atomic mass is 9.81. The normalized spacial score (nSPS) is 11.5. The topological polar surface area (TPSA) is 69.2 Å². The van der Waals surface area contributed by atoms with Gasteiger partial charge in [0.25, 0.3) is 0 Å². The lowest BCUT2D eigenvalue weighted by Gasteiger charge is -2.35. The van der Waals surface area contributed by atoms with Crippen LogP contribution in [0, 0.1) is 166 Å². The standard InChI is InChI=1S/3C40H44N.BO3/c3*1-25-11-15-33(29(5)21-25)36-18-20-38(41(9,10)37-19-14-28(4)24-32(37)8)40(35-17-13-27(3)23-31(35)7)39(36)34-16-12-26(2)22-30(34)6;2-1(3)4/h3*11-24H,1-10H3;/q3*+1;-3. The zero-order valence-electron chi connectivity index (χ0n) is 81.4. The molecule has 0 saturated heterocycles. The molecule has 0 amide bonds. The zero-order valence-corrected chi connectivity index (χ0v) is 81.4. The van der Waals surface area contributed by atoms with Crippen molar-refractivity contribution in [3.8, 4) is 100 Å². The van der Waals surface area contributed by atoms with E-state index in [1.165, 1.54) is 268 Å². The Morgan fingerprint density at radius 2 is 0.260 bits per heavy atom. The summed E-state index contributed by atoms with van der Waals surface area (Å²) < 4.78 is 1.96. The Balaban J connectivity index is 0.000000169. The van der Waals surface area contributed by atoms with Crippen molar-refractivity contribution in [1.29, 1.82) is 0 Å². The van der Waals surface area contributed by atoms with Crippen LogP contribution in [-0.4, -0.2) is 49.6 Å². The van der Waals surface area contributed by atoms with E-state index in [4.69, 9.17) is 15.1 Å². The van der Waals surface area contributed by atoms with Crippen LogP contribution in [0.1, 0.15) is 134 Å². The fourth-order valence-electron chi connectivity index (χ4n) is 20.1. The van der Waals surface area contributed by atoms with Gasteiger partial charge in [0, 0.05) is 69.8 Å². The van der Waals surface area contributed by atoms with Gasteiger partial charge in [0.15, 0.2) is 0 Å². The second kappa shape index (κ2) is 38.4. The van der Waals surface area contributed by atoms with Crippen molar-refractivity contribution < 1.29 is 15.1 Å². The summed E-state index contributed by atoms with van der Waals surface area (Å²) in [6.45, 7) is 53.2. The molecule has 648 valence electrons. The molecule has 0 atom stereocenters. The summed E-state index contributed by atoms with van der Waals surface area (Å²) in [5.41, 5.74) is 62.4. The molecule has 0 aliphatic carbocycles. The lowest BCUT2D eigenvalue weighted by Crippen LogP contribution is -2.56. The second-order valence-electron chi connectivity index (χ2n) is 38.0. The molecular formula is C120H132BN3O3. The smallest absolute Gasteiger partial charge is 0.146 e. The average Bonchev–Trinajstić information content (AvgIpc) is 0.733. The molecule has 0 bridgehead atoms. The maximum Gasteiger partial charge on any atom is 0.146 e. The van der Waals surface area contributed by atoms with Gasteiger partial charge in [-0.2, -0.15) is 0 Å². The van der Waals surface area contributed by atoms with Gasteiger partial charge in [-0.1, -0.05) is 267 Å². The summed E-state index contributed by atoms with van der Waals surface area (Å²) in [5.74, 6) is 0. The summed E-state index contributed by atoms with van der Waals surface area (Å²) >= 11 is 0. The molecule has 6 nitrogen and oxygen atoms in total. The van der Waals surface area contributed by atoms with Gasteiger partial charge < -0.3 is 15.1 Å². The first-order valence-electron chi connectivity index (χ1n) is 44.8. The molecule has 0 aliphatic heterocycles. The Hall–Kier alpha value is -11.9. The zero-order chi connectivity index (χ0) is 92.5. The fourth-order valence-corrected chi connectivity index (χ4v) is 20.1. The van der Waals surface area contributed by atoms with Crippen LogP contribution in [0.15, 0.2) is 255 Å². The SMILES string of the molecule is Cc1ccc(-c2ccc([N+](C)(C)c3ccc(C)cc3C)c(-c3ccc(C)cc3C)c2-c2ccc(C)cc2C)c(C)c1.Cc1ccc(-c2ccc([N+](C)(C)c3ccc(C)cc3C)c(-c3ccc(C)cc3C)c2-c2ccc(C)cc2C)c(C)c1.Cc1ccc(-c2ccc([N+](C)(C)c3ccc(C)cc3C)c(-c3ccc(C)cc3C)c2-c2ccc(C)cc2C)c(C)c1.[O-]B([O-])[O-]. The van der Waals surface area contributed by atoms with Crippen LogP contribution in [0.25, 0.3) is 100 Å². The summed E-state index contributed by atoms with van der Waals surface area (Å²) in [4.78, 5) is 0. The number of benzene rings is 15. The maximum atomic E-state index is 8.42. The highest BCUT2D eigenvalue weighted by molar-refractivity contribution is 6.24. The third-order valence-electron chi connectivity index (χ3n) is 26.1. The molecule has 0 saturated carbocycles. The van der Waals surface area contributed by atoms with Gasteiger partial charge in [-0.15, -0.1) is 0 Å². The number of hydrogen-bond acceptors (Lipinski definition) is 3. The molecule has 0 aliphatic rings. The summed E-state index contributed by atoms with van der Waals surface area (Å²) in [7, 11) is 11.1. The van der Waals surface area contributed by atoms with Gasteiger partial charge >= 0.3 is 0 Å². The Bertz CT molecular complexity index is 6070. The first-order chi connectivity index (χ1) is 59.9. The first kappa shape index (κ1) is 94.3. The van der Waals surface area contributed by atoms with Crippen LogP contribution < -0.4 is 28.5 Å². The maximum absolute atomic E-state index is 8.42. The minimum absolute atomic E-state index is 0.653. The van der Waals surface area contributed by atoms with Crippen LogP contribution >= 0.6 is 0 Å². The third kappa shape index (κ3) is 20.1. The van der Waals surface area contributed by atoms with Gasteiger partial charge in [0.1, 0.15) is 34.1 Å². The lowest BCUT2D eigenvalue weighted by molar-refractivity contribution is -0.479. The van der Waals surface area contributed by atoms with E-state index in [0.29, 0.717) is 13.4 Å². The quantitative estimate of drug-likeness (QED) is 0.0759. The highest BCUT2D eigenvalue weighted by atomic mass is 16.5. The Morgan fingerprint density at radius 1 is 0.142 bits per heavy atom. The molecule has 15 rings (SSSR count). The largest absolute Gasteiger partial charge is 0.907 e. The molecular weight excluding hydrogens is 1540 g/mol. The summed E-state index contributed by atoms with van der Waals surface area (Å²) in [6, 6.07) is 97.0. The molecule has 0 N–H and O–H groups in total. The highest BCUT2D eigenvalue weighted by Gasteiger charge is 2.37. The Morgan fingerprint density at radius 3 is 0.409 bits per heavy atom. The Kier molecular flexibility index (Phi) is 28.5. The van der Waals surface area contributed by atoms with Gasteiger partial charge in [-0.05, 0) is 301 Å². The molecule has 0 spiro atoms. The van der Waals surface area contributed by atoms with Crippen molar-refractivity contribution in [2.45, 2.75) is 166 Å². The van der Waals surface area contributed by atoms with Crippen molar-refractivity contribution in [2.24, 2.45) is 0 Å². The van der Waals surface area contributed by atoms with Crippen molar-refractivity contribution in [3.63, 3.8) is 0 Å². The molecule has 0 aromatic heterocycles. The Labute approximate surface area is 761 Å². The molecule has 15 aromatic rings. The van der Waals surface area contributed by atoms with Gasteiger partial charge in [-0.25, -0.2) is 0 Å². The number of quaternary nitrogens is 3. The molecule has 0 unspecified atom stereocenters. The van der Waals surface area contributed by atoms with Crippen molar-refractivity contribution >= 4 is 41.4 Å². The van der Waals surface area contributed by atoms with Gasteiger partial charge in [-0.3, -0.25) is 20.8 Å². The van der Waals surface area contributed by atoms with Crippen LogP contribution in [0.2, 0.25) is 0 Å². The van der Waals surface area contributed by atoms with Crippen molar-refractivity contribution in [1.82, 2.24) is 13.4 Å². The fraction of sp³-hybridized carbons (Fsp3) is 0.250. The monoisotopic (exact) mass is 1670 g/mol. The van der Waals surface area contributed by atoms with Gasteiger partial charge in [0.2, 0.25) is 0 Å². The molecule has 15 aromatic carbocycles. The first-order valence-corrected chi connectivity index (χ1v) is 44.8. The van der Waals surface area contributed by atoms with E-state index in [1.807, 2.05) is 0 Å². The number of nitrogens with zero attached hydrogens (tertiary/aromatic N) is 3. The highest BCUT2D eigenvalue weighted by Crippen LogP contribution is 2.56. The third-order valence-corrected chi connectivity index (χ3v) is 26.1. The number of rotatable bonds is 15. The molecule has 0 fully saturated rings. The molecule has 0 radical (unpaired) electrons. The predicted octanol–water partition coefficient (Wildman–Crippen LogP) is 29.2. The van der Waals surface area contributed by atoms with E-state index in [1.54, 1.807) is 0 Å². The summed E-state index contributed by atoms with van der Waals surface area (Å²) in [6.07, 6.45) is 0. The molecule has 7 heteroatoms. The van der Waals surface area contributed by atoms with Crippen LogP contribution in [0.4, 0.5) is 34.1 Å². The van der Waals surface area contributed by atoms with Crippen molar-refractivity contribution in [3.05, 3.63) is 388 Å². The average molecular weight is 1680 g/mol. The number of hydrogen-bond donors (Lipinski definition) is 0. The van der Waals surface area contributed by atoms with Crippen molar-refractivity contribution in [2.75, 3.05) is 42.3 Å². The van der Waals surface area contributed by atoms with E-state index < -0.39 is 7.32 Å². The number of aryl methyl sites for hydroxylation is 24. The van der Waals surface area contributed by atoms with Crippen LogP contribution in [0.5, 0.6) is 0 Å². The van der Waals surface area contributed by atoms with E-state index in [9.17, 15) is 0 Å². The van der Waals surface area contributed by atoms with Crippen LogP contribution in [0.3, 0.4) is 0 Å². The summed E-state index contributed by atoms with van der Waals surface area (Å²) in [5, 5.41) is 25.2. The molecule has 127 heavy (non-hydrogen) atoms. The van der Waals surface area contributed by atoms with Gasteiger partial charge in [0.05, 0.1) is 59.0 Å². The van der Waals surface area contributed by atoms with E-state index in [0.717, 1.165) is 0 Å². The van der Waals surface area contributed by atoms with E-state index in [2.05, 4.69) is 463 Å². The van der Waals surface area contributed by atoms with E-state index in [-0.39, 0.29) is 0 Å².